The third-order valence-electron chi connectivity index (χ3n) is 3.53. The molecule has 1 N–H and O–H groups in total. The minimum Gasteiger partial charge on any atom is -0.455 e. The van der Waals surface area contributed by atoms with Gasteiger partial charge >= 0.3 is 0 Å². The summed E-state index contributed by atoms with van der Waals surface area (Å²) in [6.45, 7) is 1.49. The van der Waals surface area contributed by atoms with Crippen LogP contribution in [-0.2, 0) is 12.8 Å². The van der Waals surface area contributed by atoms with E-state index in [1.165, 1.54) is 18.7 Å². The predicted molar refractivity (Wildman–Crippen MR) is 95.9 cm³/mol. The number of hydrogen-bond acceptors (Lipinski definition) is 5. The number of carbonyl (C=O) groups is 2. The first-order valence-electron chi connectivity index (χ1n) is 7.64. The monoisotopic (exact) mass is 355 g/mol. The number of Topliss-reactive ketones (excluding diaryl/α,β-unsaturated/α-hetero) is 1. The van der Waals surface area contributed by atoms with Crippen LogP contribution in [0.1, 0.15) is 33.6 Å². The SMILES string of the molecule is CC(=O)c1cccc(NC(=O)c2ccc(CSc3nccn3C)o2)c1. The van der Waals surface area contributed by atoms with Gasteiger partial charge in [0.1, 0.15) is 5.76 Å². The van der Waals surface area contributed by atoms with Gasteiger partial charge in [0.25, 0.3) is 5.91 Å². The van der Waals surface area contributed by atoms with Crippen molar-refractivity contribution >= 4 is 29.1 Å². The summed E-state index contributed by atoms with van der Waals surface area (Å²) in [5.74, 6) is 1.09. The van der Waals surface area contributed by atoms with Gasteiger partial charge in [-0.1, -0.05) is 23.9 Å². The molecular formula is C18H17N3O3S. The van der Waals surface area contributed by atoms with Crippen LogP contribution >= 0.6 is 11.8 Å². The van der Waals surface area contributed by atoms with Crippen LogP contribution in [-0.4, -0.2) is 21.2 Å². The van der Waals surface area contributed by atoms with Crippen molar-refractivity contribution in [3.63, 3.8) is 0 Å². The van der Waals surface area contributed by atoms with Gasteiger partial charge in [0.05, 0.1) is 5.75 Å². The first-order valence-corrected chi connectivity index (χ1v) is 8.62. The third kappa shape index (κ3) is 4.19. The molecule has 0 fully saturated rings. The minimum absolute atomic E-state index is 0.0531. The zero-order valence-electron chi connectivity index (χ0n) is 13.9. The van der Waals surface area contributed by atoms with Gasteiger partial charge in [-0.3, -0.25) is 9.59 Å². The van der Waals surface area contributed by atoms with Crippen LogP contribution in [0.15, 0.2) is 58.4 Å². The van der Waals surface area contributed by atoms with E-state index in [1.54, 1.807) is 42.6 Å². The lowest BCUT2D eigenvalue weighted by molar-refractivity contribution is 0.0991. The van der Waals surface area contributed by atoms with E-state index in [0.717, 1.165) is 5.16 Å². The predicted octanol–water partition coefficient (Wildman–Crippen LogP) is 3.76. The van der Waals surface area contributed by atoms with Gasteiger partial charge in [-0.15, -0.1) is 0 Å². The lowest BCUT2D eigenvalue weighted by Crippen LogP contribution is -2.11. The zero-order valence-corrected chi connectivity index (χ0v) is 14.7. The highest BCUT2D eigenvalue weighted by Crippen LogP contribution is 2.22. The molecule has 7 heteroatoms. The molecule has 0 aliphatic rings. The third-order valence-corrected chi connectivity index (χ3v) is 4.61. The molecule has 1 aromatic carbocycles. The van der Waals surface area contributed by atoms with Gasteiger partial charge in [-0.25, -0.2) is 4.98 Å². The summed E-state index contributed by atoms with van der Waals surface area (Å²) < 4.78 is 7.52. The number of benzene rings is 1. The fourth-order valence-electron chi connectivity index (χ4n) is 2.21. The molecule has 2 aromatic heterocycles. The molecule has 128 valence electrons. The topological polar surface area (TPSA) is 77.1 Å². The van der Waals surface area contributed by atoms with Crippen molar-refractivity contribution in [1.82, 2.24) is 9.55 Å². The van der Waals surface area contributed by atoms with Crippen molar-refractivity contribution in [3.8, 4) is 0 Å². The largest absolute Gasteiger partial charge is 0.455 e. The molecule has 1 amide bonds. The summed E-state index contributed by atoms with van der Waals surface area (Å²) in [4.78, 5) is 27.9. The van der Waals surface area contributed by atoms with Crippen LogP contribution in [0.2, 0.25) is 0 Å². The molecule has 0 atom stereocenters. The molecule has 0 bridgehead atoms. The molecule has 0 spiro atoms. The number of nitrogens with zero attached hydrogens (tertiary/aromatic N) is 2. The average Bonchev–Trinajstić information content (AvgIpc) is 3.22. The number of rotatable bonds is 6. The number of aryl methyl sites for hydroxylation is 1. The minimum atomic E-state index is -0.353. The lowest BCUT2D eigenvalue weighted by Gasteiger charge is -2.04. The van der Waals surface area contributed by atoms with Crippen LogP contribution in [0.3, 0.4) is 0 Å². The Hall–Kier alpha value is -2.80. The number of nitrogens with one attached hydrogen (secondary N) is 1. The second-order valence-corrected chi connectivity index (χ2v) is 6.41. The average molecular weight is 355 g/mol. The van der Waals surface area contributed by atoms with Gasteiger partial charge in [0.15, 0.2) is 16.7 Å². The summed E-state index contributed by atoms with van der Waals surface area (Å²) in [7, 11) is 1.92. The van der Waals surface area contributed by atoms with Crippen molar-refractivity contribution in [2.24, 2.45) is 7.05 Å². The Balaban J connectivity index is 1.63. The second kappa shape index (κ2) is 7.40. The summed E-state index contributed by atoms with van der Waals surface area (Å²) in [5.41, 5.74) is 1.10. The van der Waals surface area contributed by atoms with Crippen LogP contribution < -0.4 is 5.32 Å². The number of anilines is 1. The highest BCUT2D eigenvalue weighted by atomic mass is 32.2. The van der Waals surface area contributed by atoms with Gasteiger partial charge in [-0.05, 0) is 31.2 Å². The van der Waals surface area contributed by atoms with Gasteiger partial charge < -0.3 is 14.3 Å². The number of furan rings is 1. The molecular weight excluding hydrogens is 338 g/mol. The van der Waals surface area contributed by atoms with E-state index in [-0.39, 0.29) is 17.5 Å². The molecule has 25 heavy (non-hydrogen) atoms. The van der Waals surface area contributed by atoms with E-state index in [1.807, 2.05) is 17.8 Å². The molecule has 0 saturated heterocycles. The number of aromatic nitrogens is 2. The van der Waals surface area contributed by atoms with Crippen molar-refractivity contribution in [2.45, 2.75) is 17.8 Å². The van der Waals surface area contributed by atoms with Gasteiger partial charge in [0.2, 0.25) is 0 Å². The highest BCUT2D eigenvalue weighted by molar-refractivity contribution is 7.98. The Bertz CT molecular complexity index is 914. The van der Waals surface area contributed by atoms with Crippen molar-refractivity contribution in [2.75, 3.05) is 5.32 Å². The fraction of sp³-hybridized carbons (Fsp3) is 0.167. The second-order valence-electron chi connectivity index (χ2n) is 5.47. The summed E-state index contributed by atoms with van der Waals surface area (Å²) >= 11 is 1.53. The maximum absolute atomic E-state index is 12.3. The van der Waals surface area contributed by atoms with Crippen LogP contribution in [0.5, 0.6) is 0 Å². The van der Waals surface area contributed by atoms with E-state index in [2.05, 4.69) is 10.3 Å². The van der Waals surface area contributed by atoms with Crippen LogP contribution in [0.4, 0.5) is 5.69 Å². The molecule has 0 aliphatic carbocycles. The van der Waals surface area contributed by atoms with E-state index < -0.39 is 0 Å². The fourth-order valence-corrected chi connectivity index (χ4v) is 3.04. The zero-order chi connectivity index (χ0) is 17.8. The Morgan fingerprint density at radius 3 is 2.84 bits per heavy atom. The Morgan fingerprint density at radius 2 is 2.12 bits per heavy atom. The van der Waals surface area contributed by atoms with Crippen LogP contribution in [0.25, 0.3) is 0 Å². The summed E-state index contributed by atoms with van der Waals surface area (Å²) in [6.07, 6.45) is 3.61. The van der Waals surface area contributed by atoms with E-state index in [4.69, 9.17) is 4.42 Å². The molecule has 3 rings (SSSR count). The summed E-state index contributed by atoms with van der Waals surface area (Å²) in [5, 5.41) is 3.62. The summed E-state index contributed by atoms with van der Waals surface area (Å²) in [6, 6.07) is 10.2. The smallest absolute Gasteiger partial charge is 0.291 e. The van der Waals surface area contributed by atoms with Gasteiger partial charge in [-0.2, -0.15) is 0 Å². The molecule has 6 nitrogen and oxygen atoms in total. The Morgan fingerprint density at radius 1 is 1.28 bits per heavy atom. The lowest BCUT2D eigenvalue weighted by atomic mass is 10.1. The van der Waals surface area contributed by atoms with Crippen molar-refractivity contribution in [1.29, 1.82) is 0 Å². The number of thioether (sulfide) groups is 1. The Kier molecular flexibility index (Phi) is 5.04. The van der Waals surface area contributed by atoms with Crippen molar-refractivity contribution in [3.05, 3.63) is 65.9 Å². The van der Waals surface area contributed by atoms with Crippen LogP contribution in [0, 0.1) is 0 Å². The van der Waals surface area contributed by atoms with E-state index in [0.29, 0.717) is 22.8 Å². The van der Waals surface area contributed by atoms with Gasteiger partial charge in [0, 0.05) is 30.7 Å². The number of hydrogen-bond donors (Lipinski definition) is 1. The maximum atomic E-state index is 12.3. The standard InChI is InChI=1S/C18H17N3O3S/c1-12(22)13-4-3-5-14(10-13)20-17(23)16-7-6-15(24-16)11-25-18-19-8-9-21(18)2/h3-10H,11H2,1-2H3,(H,20,23). The molecule has 2 heterocycles. The molecule has 3 aromatic rings. The first-order chi connectivity index (χ1) is 12.0. The number of carbonyl (C=O) groups excluding carboxylic acids is 2. The molecule has 0 unspecified atom stereocenters. The molecule has 0 radical (unpaired) electrons. The number of ketones is 1. The number of imidazole rings is 1. The molecule has 0 aliphatic heterocycles. The van der Waals surface area contributed by atoms with Crippen molar-refractivity contribution < 1.29 is 14.0 Å². The molecule has 0 saturated carbocycles. The normalized spacial score (nSPS) is 10.6. The highest BCUT2D eigenvalue weighted by Gasteiger charge is 2.13. The Labute approximate surface area is 149 Å². The maximum Gasteiger partial charge on any atom is 0.291 e. The number of amides is 1. The van der Waals surface area contributed by atoms with E-state index >= 15 is 0 Å². The van der Waals surface area contributed by atoms with E-state index in [9.17, 15) is 9.59 Å². The first kappa shape index (κ1) is 17.0. The quantitative estimate of drug-likeness (QED) is 0.538.